The minimum Gasteiger partial charge on any atom is -0.496 e. The summed E-state index contributed by atoms with van der Waals surface area (Å²) >= 11 is 0. The second kappa shape index (κ2) is 14.4. The Morgan fingerprint density at radius 1 is 0.551 bits per heavy atom. The van der Waals surface area contributed by atoms with Crippen molar-refractivity contribution in [3.63, 3.8) is 0 Å². The molecule has 0 aliphatic carbocycles. The van der Waals surface area contributed by atoms with Crippen molar-refractivity contribution in [1.82, 2.24) is 24.9 Å². The van der Waals surface area contributed by atoms with Gasteiger partial charge in [0.2, 0.25) is 6.17 Å². The number of hydrogen-bond donors (Lipinski definition) is 1. The first-order valence-electron chi connectivity index (χ1n) is 15.9. The molecule has 0 unspecified atom stereocenters. The van der Waals surface area contributed by atoms with Crippen molar-refractivity contribution < 1.29 is 23.7 Å². The zero-order chi connectivity index (χ0) is 34.5. The van der Waals surface area contributed by atoms with Gasteiger partial charge in [-0.1, -0.05) is 48.5 Å². The van der Waals surface area contributed by atoms with Gasteiger partial charge in [0.1, 0.15) is 23.0 Å². The molecule has 250 valence electrons. The predicted molar refractivity (Wildman–Crippen MR) is 190 cm³/mol. The summed E-state index contributed by atoms with van der Waals surface area (Å²) in [5.74, 6) is 2.23. The number of ether oxygens (including phenoxy) is 4. The van der Waals surface area contributed by atoms with Crippen LogP contribution in [0.4, 0.5) is 0 Å². The second-order valence-electron chi connectivity index (χ2n) is 11.6. The molecular formula is C39H39N5O5. The van der Waals surface area contributed by atoms with Gasteiger partial charge in [-0.2, -0.15) is 10.2 Å². The monoisotopic (exact) mass is 657 g/mol. The van der Waals surface area contributed by atoms with Crippen molar-refractivity contribution in [3.05, 3.63) is 109 Å². The number of benzene rings is 4. The molecule has 0 aliphatic rings. The number of nitrogens with one attached hydrogen (secondary N) is 1. The number of carbonyl (C=O) groups excluding carboxylic acids is 1. The number of aromatic nitrogens is 4. The summed E-state index contributed by atoms with van der Waals surface area (Å²) in [5, 5.41) is 13.4. The molecule has 0 radical (unpaired) electrons. The van der Waals surface area contributed by atoms with E-state index >= 15 is 0 Å². The second-order valence-corrected chi connectivity index (χ2v) is 11.6. The zero-order valence-electron chi connectivity index (χ0n) is 28.4. The third-order valence-corrected chi connectivity index (χ3v) is 8.13. The van der Waals surface area contributed by atoms with Gasteiger partial charge in [0.05, 0.1) is 51.2 Å². The fourth-order valence-electron chi connectivity index (χ4n) is 5.94. The summed E-state index contributed by atoms with van der Waals surface area (Å²) < 4.78 is 26.5. The molecule has 49 heavy (non-hydrogen) atoms. The van der Waals surface area contributed by atoms with Crippen molar-refractivity contribution in [2.45, 2.75) is 26.1 Å². The van der Waals surface area contributed by atoms with Crippen LogP contribution in [0.15, 0.2) is 109 Å². The molecule has 6 rings (SSSR count). The first-order valence-corrected chi connectivity index (χ1v) is 15.9. The van der Waals surface area contributed by atoms with Gasteiger partial charge >= 0.3 is 0 Å². The van der Waals surface area contributed by atoms with Gasteiger partial charge in [0.25, 0.3) is 5.91 Å². The van der Waals surface area contributed by atoms with E-state index in [1.807, 2.05) is 123 Å². The van der Waals surface area contributed by atoms with Gasteiger partial charge in [-0.3, -0.25) is 4.79 Å². The first-order chi connectivity index (χ1) is 23.9. The lowest BCUT2D eigenvalue weighted by atomic mass is 10.1. The molecular weight excluding hydrogens is 618 g/mol. The average molecular weight is 658 g/mol. The Kier molecular flexibility index (Phi) is 9.66. The maximum Gasteiger partial charge on any atom is 0.267 e. The lowest BCUT2D eigenvalue weighted by Gasteiger charge is -2.24. The SMILES string of the molecule is COc1ccccc1-c1cc(-c2ccccc2OC)n(C(C(=O)NC(C)C)n2nc(-c3ccccc3OC)cc2-c2ccccc2OC)n1. The summed E-state index contributed by atoms with van der Waals surface area (Å²) in [4.78, 5) is 14.6. The Morgan fingerprint density at radius 3 is 1.22 bits per heavy atom. The van der Waals surface area contributed by atoms with E-state index < -0.39 is 6.17 Å². The van der Waals surface area contributed by atoms with Crippen molar-refractivity contribution in [3.8, 4) is 68.0 Å². The molecule has 2 aromatic heterocycles. The summed E-state index contributed by atoms with van der Waals surface area (Å²) in [5.41, 5.74) is 5.53. The third kappa shape index (κ3) is 6.45. The van der Waals surface area contributed by atoms with Gasteiger partial charge in [0.15, 0.2) is 0 Å². The van der Waals surface area contributed by atoms with Crippen LogP contribution in [0.5, 0.6) is 23.0 Å². The quantitative estimate of drug-likeness (QED) is 0.147. The lowest BCUT2D eigenvalue weighted by Crippen LogP contribution is -2.41. The molecule has 10 heteroatoms. The minimum absolute atomic E-state index is 0.173. The number of rotatable bonds is 12. The molecule has 0 saturated heterocycles. The molecule has 0 aliphatic heterocycles. The molecule has 0 saturated carbocycles. The molecule has 1 N–H and O–H groups in total. The zero-order valence-corrected chi connectivity index (χ0v) is 28.4. The Hall–Kier alpha value is -6.03. The van der Waals surface area contributed by atoms with Gasteiger partial charge in [-0.25, -0.2) is 9.36 Å². The van der Waals surface area contributed by atoms with Gasteiger partial charge in [-0.15, -0.1) is 0 Å². The van der Waals surface area contributed by atoms with E-state index in [0.29, 0.717) is 45.8 Å². The van der Waals surface area contributed by atoms with Crippen molar-refractivity contribution >= 4 is 5.91 Å². The number of methoxy groups -OCH3 is 4. The van der Waals surface area contributed by atoms with Crippen LogP contribution in [-0.4, -0.2) is 59.9 Å². The van der Waals surface area contributed by atoms with Crippen LogP contribution >= 0.6 is 0 Å². The summed E-state index contributed by atoms with van der Waals surface area (Å²) in [6.07, 6.45) is -1.10. The number of para-hydroxylation sites is 4. The van der Waals surface area contributed by atoms with E-state index in [4.69, 9.17) is 29.1 Å². The van der Waals surface area contributed by atoms with E-state index in [1.54, 1.807) is 37.8 Å². The summed E-state index contributed by atoms with van der Waals surface area (Å²) in [6, 6.07) is 34.3. The van der Waals surface area contributed by atoms with Gasteiger partial charge in [-0.05, 0) is 74.5 Å². The molecule has 6 aromatic rings. The molecule has 0 fully saturated rings. The lowest BCUT2D eigenvalue weighted by molar-refractivity contribution is -0.126. The van der Waals surface area contributed by atoms with E-state index in [9.17, 15) is 4.79 Å². The number of carbonyl (C=O) groups is 1. The van der Waals surface area contributed by atoms with Gasteiger partial charge < -0.3 is 24.3 Å². The average Bonchev–Trinajstić information content (AvgIpc) is 3.77. The van der Waals surface area contributed by atoms with E-state index in [1.165, 1.54) is 0 Å². The van der Waals surface area contributed by atoms with Crippen LogP contribution < -0.4 is 24.3 Å². The topological polar surface area (TPSA) is 102 Å². The maximum absolute atomic E-state index is 14.6. The highest BCUT2D eigenvalue weighted by Crippen LogP contribution is 2.40. The van der Waals surface area contributed by atoms with E-state index in [2.05, 4.69) is 5.32 Å². The number of hydrogen-bond acceptors (Lipinski definition) is 7. The largest absolute Gasteiger partial charge is 0.496 e. The fourth-order valence-corrected chi connectivity index (χ4v) is 5.94. The van der Waals surface area contributed by atoms with Crippen molar-refractivity contribution in [2.75, 3.05) is 28.4 Å². The smallest absolute Gasteiger partial charge is 0.267 e. The van der Waals surface area contributed by atoms with Crippen LogP contribution in [0.3, 0.4) is 0 Å². The molecule has 0 spiro atoms. The molecule has 10 nitrogen and oxygen atoms in total. The fraction of sp³-hybridized carbons (Fsp3) is 0.205. The molecule has 0 atom stereocenters. The normalized spacial score (nSPS) is 11.1. The van der Waals surface area contributed by atoms with Crippen LogP contribution in [0, 0.1) is 0 Å². The molecule has 1 amide bonds. The number of amides is 1. The Bertz CT molecular complexity index is 1940. The highest BCUT2D eigenvalue weighted by Gasteiger charge is 2.33. The van der Waals surface area contributed by atoms with E-state index in [0.717, 1.165) is 22.3 Å². The maximum atomic E-state index is 14.6. The number of nitrogens with zero attached hydrogens (tertiary/aromatic N) is 4. The molecule has 4 aromatic carbocycles. The third-order valence-electron chi connectivity index (χ3n) is 8.13. The van der Waals surface area contributed by atoms with Gasteiger partial charge in [0, 0.05) is 28.3 Å². The van der Waals surface area contributed by atoms with Crippen LogP contribution in [0.2, 0.25) is 0 Å². The minimum atomic E-state index is -1.10. The standard InChI is InChI=1S/C39H39N5O5/c1-25(2)40-38(45)39(43-32(28-17-9-13-21-36(28)48-5)23-30(41-43)26-15-7-11-19-34(26)46-3)44-33(29-18-10-14-22-37(29)49-6)24-31(42-44)27-16-8-12-20-35(27)47-4/h7-25,39H,1-6H3,(H,40,45). The first kappa shape index (κ1) is 32.9. The molecule has 2 heterocycles. The van der Waals surface area contributed by atoms with Crippen molar-refractivity contribution in [2.24, 2.45) is 0 Å². The predicted octanol–water partition coefficient (Wildman–Crippen LogP) is 7.35. The van der Waals surface area contributed by atoms with Crippen LogP contribution in [0.25, 0.3) is 45.0 Å². The molecule has 0 bridgehead atoms. The highest BCUT2D eigenvalue weighted by molar-refractivity contribution is 5.85. The highest BCUT2D eigenvalue weighted by atomic mass is 16.5. The van der Waals surface area contributed by atoms with E-state index in [-0.39, 0.29) is 11.9 Å². The Morgan fingerprint density at radius 2 is 0.878 bits per heavy atom. The Balaban J connectivity index is 1.70. The van der Waals surface area contributed by atoms with Crippen molar-refractivity contribution in [1.29, 1.82) is 0 Å². The summed E-state index contributed by atoms with van der Waals surface area (Å²) in [7, 11) is 6.49. The Labute approximate surface area is 285 Å². The van der Waals surface area contributed by atoms with Crippen LogP contribution in [-0.2, 0) is 4.79 Å². The van der Waals surface area contributed by atoms with Crippen LogP contribution in [0.1, 0.15) is 20.0 Å². The summed E-state index contributed by atoms with van der Waals surface area (Å²) in [6.45, 7) is 3.84.